The lowest BCUT2D eigenvalue weighted by molar-refractivity contribution is -0.274. The van der Waals surface area contributed by atoms with E-state index in [9.17, 15) is 10.2 Å². The van der Waals surface area contributed by atoms with Crippen molar-refractivity contribution in [3.05, 3.63) is 11.6 Å². The van der Waals surface area contributed by atoms with E-state index < -0.39 is 5.79 Å². The first kappa shape index (κ1) is 26.2. The zero-order chi connectivity index (χ0) is 25.3. The molecule has 0 amide bonds. The standard InChI is InChI=1S/C31H52O4/c1-18(22-14-20(22)3)8-9-19(2)23-10-11-24-28-25(16-27(33)30(23,24)5)29(4)12-13-31(34-6,35-7)17-21(29)15-26(28)32/h9,18,20-28,32-33H,8,10-17H2,1-7H3/b19-9-/t18-,20-,21+,22+,23-,24+,25+,26-,27-,28+,29+,30-/m1/s1. The van der Waals surface area contributed by atoms with Gasteiger partial charge in [0.05, 0.1) is 12.2 Å². The van der Waals surface area contributed by atoms with Gasteiger partial charge in [-0.1, -0.05) is 39.3 Å². The smallest absolute Gasteiger partial charge is 0.167 e. The van der Waals surface area contributed by atoms with Gasteiger partial charge in [0.15, 0.2) is 5.79 Å². The van der Waals surface area contributed by atoms with Gasteiger partial charge < -0.3 is 19.7 Å². The predicted octanol–water partition coefficient (Wildman–Crippen LogP) is 6.20. The van der Waals surface area contributed by atoms with Crippen LogP contribution in [0.3, 0.4) is 0 Å². The van der Waals surface area contributed by atoms with Crippen LogP contribution in [0, 0.1) is 58.2 Å². The van der Waals surface area contributed by atoms with Crippen molar-refractivity contribution in [3.63, 3.8) is 0 Å². The molecule has 0 aliphatic heterocycles. The lowest BCUT2D eigenvalue weighted by Crippen LogP contribution is -2.63. The molecule has 0 bridgehead atoms. The molecule has 5 fully saturated rings. The van der Waals surface area contributed by atoms with Crippen molar-refractivity contribution in [2.24, 2.45) is 58.2 Å². The average molecular weight is 489 g/mol. The Morgan fingerprint density at radius 2 is 1.71 bits per heavy atom. The summed E-state index contributed by atoms with van der Waals surface area (Å²) in [5.74, 6) is 3.93. The van der Waals surface area contributed by atoms with E-state index >= 15 is 0 Å². The highest BCUT2D eigenvalue weighted by molar-refractivity contribution is 5.20. The molecular weight excluding hydrogens is 436 g/mol. The molecule has 0 aromatic heterocycles. The Bertz CT molecular complexity index is 819. The number of rotatable bonds is 6. The van der Waals surface area contributed by atoms with E-state index in [0.29, 0.717) is 29.6 Å². The topological polar surface area (TPSA) is 58.9 Å². The van der Waals surface area contributed by atoms with Crippen LogP contribution >= 0.6 is 0 Å². The minimum absolute atomic E-state index is 0.125. The van der Waals surface area contributed by atoms with Crippen LogP contribution in [0.1, 0.15) is 92.4 Å². The molecule has 5 saturated carbocycles. The Morgan fingerprint density at radius 1 is 1.03 bits per heavy atom. The van der Waals surface area contributed by atoms with Gasteiger partial charge in [0, 0.05) is 32.5 Å². The second kappa shape index (κ2) is 9.10. The van der Waals surface area contributed by atoms with Crippen molar-refractivity contribution in [1.82, 2.24) is 0 Å². The zero-order valence-electron chi connectivity index (χ0n) is 23.4. The normalized spacial score (nSPS) is 51.8. The Morgan fingerprint density at radius 3 is 2.34 bits per heavy atom. The number of aliphatic hydroxyl groups is 2. The molecule has 12 atom stereocenters. The molecular formula is C31H52O4. The van der Waals surface area contributed by atoms with Crippen LogP contribution in [0.15, 0.2) is 11.6 Å². The molecule has 0 aromatic rings. The molecule has 35 heavy (non-hydrogen) atoms. The summed E-state index contributed by atoms with van der Waals surface area (Å²) >= 11 is 0. The summed E-state index contributed by atoms with van der Waals surface area (Å²) < 4.78 is 11.7. The van der Waals surface area contributed by atoms with Gasteiger partial charge in [0.1, 0.15) is 0 Å². The van der Waals surface area contributed by atoms with Crippen LogP contribution in [0.4, 0.5) is 0 Å². The number of aliphatic hydroxyl groups excluding tert-OH is 2. The summed E-state index contributed by atoms with van der Waals surface area (Å²) in [5, 5.41) is 23.5. The largest absolute Gasteiger partial charge is 0.393 e. The highest BCUT2D eigenvalue weighted by Gasteiger charge is 2.66. The van der Waals surface area contributed by atoms with Crippen LogP contribution < -0.4 is 0 Å². The molecule has 0 radical (unpaired) electrons. The fourth-order valence-electron chi connectivity index (χ4n) is 10.2. The lowest BCUT2D eigenvalue weighted by Gasteiger charge is -2.64. The molecule has 5 rings (SSSR count). The molecule has 2 N–H and O–H groups in total. The Kier molecular flexibility index (Phi) is 6.81. The van der Waals surface area contributed by atoms with E-state index in [2.05, 4.69) is 40.7 Å². The van der Waals surface area contributed by atoms with Gasteiger partial charge in [0.2, 0.25) is 0 Å². The summed E-state index contributed by atoms with van der Waals surface area (Å²) in [7, 11) is 3.51. The summed E-state index contributed by atoms with van der Waals surface area (Å²) in [5.41, 5.74) is 1.50. The van der Waals surface area contributed by atoms with Crippen molar-refractivity contribution < 1.29 is 19.7 Å². The molecule has 0 saturated heterocycles. The zero-order valence-corrected chi connectivity index (χ0v) is 23.4. The quantitative estimate of drug-likeness (QED) is 0.345. The summed E-state index contributed by atoms with van der Waals surface area (Å²) in [6.45, 7) is 11.9. The van der Waals surface area contributed by atoms with E-state index in [1.165, 1.54) is 18.4 Å². The number of allylic oxidation sites excluding steroid dienone is 2. The number of methoxy groups -OCH3 is 2. The maximum absolute atomic E-state index is 11.8. The fraction of sp³-hybridized carbons (Fsp3) is 0.935. The van der Waals surface area contributed by atoms with Gasteiger partial charge in [-0.2, -0.15) is 0 Å². The van der Waals surface area contributed by atoms with E-state index in [1.807, 2.05) is 0 Å². The molecule has 0 spiro atoms. The molecule has 4 nitrogen and oxygen atoms in total. The van der Waals surface area contributed by atoms with Crippen LogP contribution in [0.25, 0.3) is 0 Å². The average Bonchev–Trinajstić information content (AvgIpc) is 3.46. The van der Waals surface area contributed by atoms with Gasteiger partial charge in [-0.3, -0.25) is 0 Å². The maximum Gasteiger partial charge on any atom is 0.167 e. The molecule has 0 aromatic carbocycles. The Balaban J connectivity index is 1.37. The number of hydrogen-bond acceptors (Lipinski definition) is 4. The molecule has 0 unspecified atom stereocenters. The SMILES string of the molecule is COC1(OC)CC[C@@]2(C)[C@@H](C[C@@H](O)[C@@H]3[C@@H]2C[C@@H](O)[C@]2(C)[C@@H](/C(C)=C\C[C@@H](C)[C@@H]4C[C@H]4C)CC[C@@H]32)C1. The minimum atomic E-state index is -0.520. The van der Waals surface area contributed by atoms with Gasteiger partial charge in [-0.15, -0.1) is 0 Å². The van der Waals surface area contributed by atoms with Crippen molar-refractivity contribution in [1.29, 1.82) is 0 Å². The predicted molar refractivity (Wildman–Crippen MR) is 140 cm³/mol. The van der Waals surface area contributed by atoms with Crippen LogP contribution in [0.2, 0.25) is 0 Å². The molecule has 200 valence electrons. The van der Waals surface area contributed by atoms with Gasteiger partial charge in [0.25, 0.3) is 0 Å². The number of hydrogen-bond donors (Lipinski definition) is 2. The summed E-state index contributed by atoms with van der Waals surface area (Å²) in [6.07, 6.45) is 11.2. The molecule has 5 aliphatic rings. The summed E-state index contributed by atoms with van der Waals surface area (Å²) in [4.78, 5) is 0. The van der Waals surface area contributed by atoms with Crippen LogP contribution in [-0.4, -0.2) is 42.4 Å². The Labute approximate surface area is 214 Å². The number of fused-ring (bicyclic) bond motifs is 5. The molecule has 4 heteroatoms. The first-order chi connectivity index (χ1) is 16.5. The van der Waals surface area contributed by atoms with Gasteiger partial charge in [-0.25, -0.2) is 0 Å². The van der Waals surface area contributed by atoms with E-state index in [1.54, 1.807) is 14.2 Å². The first-order valence-corrected chi connectivity index (χ1v) is 14.6. The molecule has 0 heterocycles. The third-order valence-electron chi connectivity index (χ3n) is 12.8. The van der Waals surface area contributed by atoms with E-state index in [4.69, 9.17) is 9.47 Å². The van der Waals surface area contributed by atoms with E-state index in [0.717, 1.165) is 62.7 Å². The monoisotopic (exact) mass is 488 g/mol. The third kappa shape index (κ3) is 3.99. The van der Waals surface area contributed by atoms with Gasteiger partial charge in [-0.05, 0) is 105 Å². The minimum Gasteiger partial charge on any atom is -0.393 e. The highest BCUT2D eigenvalue weighted by Crippen LogP contribution is 2.69. The van der Waals surface area contributed by atoms with Crippen LogP contribution in [0.5, 0.6) is 0 Å². The van der Waals surface area contributed by atoms with E-state index in [-0.39, 0.29) is 23.0 Å². The fourth-order valence-corrected chi connectivity index (χ4v) is 10.2. The van der Waals surface area contributed by atoms with Gasteiger partial charge >= 0.3 is 0 Å². The van der Waals surface area contributed by atoms with Crippen LogP contribution in [-0.2, 0) is 9.47 Å². The lowest BCUT2D eigenvalue weighted by atomic mass is 9.43. The summed E-state index contributed by atoms with van der Waals surface area (Å²) in [6, 6.07) is 0. The second-order valence-electron chi connectivity index (χ2n) is 14.1. The Hall–Kier alpha value is -0.420. The highest BCUT2D eigenvalue weighted by atomic mass is 16.7. The number of ether oxygens (including phenoxy) is 2. The van der Waals surface area contributed by atoms with Crippen molar-refractivity contribution in [3.8, 4) is 0 Å². The second-order valence-corrected chi connectivity index (χ2v) is 14.1. The third-order valence-corrected chi connectivity index (χ3v) is 12.8. The van der Waals surface area contributed by atoms with Crippen molar-refractivity contribution in [2.45, 2.75) is 110 Å². The van der Waals surface area contributed by atoms with Crippen molar-refractivity contribution in [2.75, 3.05) is 14.2 Å². The maximum atomic E-state index is 11.8. The van der Waals surface area contributed by atoms with Crippen molar-refractivity contribution >= 4 is 0 Å². The molecule has 5 aliphatic carbocycles. The first-order valence-electron chi connectivity index (χ1n) is 14.6.